The Morgan fingerprint density at radius 2 is 2.11 bits per heavy atom. The molecule has 3 heteroatoms. The molecule has 1 aromatic rings. The Bertz CT molecular complexity index is 402. The molecule has 1 N–H and O–H groups in total. The fourth-order valence-corrected chi connectivity index (χ4v) is 2.25. The molecule has 0 bridgehead atoms. The first-order valence-corrected chi connectivity index (χ1v) is 6.78. The van der Waals surface area contributed by atoms with Crippen LogP contribution in [0.3, 0.4) is 0 Å². The molecule has 0 unspecified atom stereocenters. The van der Waals surface area contributed by atoms with Crippen molar-refractivity contribution in [1.82, 2.24) is 0 Å². The summed E-state index contributed by atoms with van der Waals surface area (Å²) >= 11 is 0. The SMILES string of the molecule is COc1cc2c(cc1OCCCC(C)C)NCC2. The minimum atomic E-state index is 0.734. The van der Waals surface area contributed by atoms with Crippen LogP contribution in [0.15, 0.2) is 12.1 Å². The lowest BCUT2D eigenvalue weighted by molar-refractivity contribution is 0.280. The van der Waals surface area contributed by atoms with Crippen LogP contribution in [-0.2, 0) is 6.42 Å². The normalized spacial score (nSPS) is 13.3. The third kappa shape index (κ3) is 3.09. The highest BCUT2D eigenvalue weighted by Crippen LogP contribution is 2.36. The van der Waals surface area contributed by atoms with Crippen LogP contribution in [0.1, 0.15) is 32.3 Å². The summed E-state index contributed by atoms with van der Waals surface area (Å²) in [6.45, 7) is 6.24. The lowest BCUT2D eigenvalue weighted by atomic mass is 10.1. The maximum absolute atomic E-state index is 5.84. The van der Waals surface area contributed by atoms with Crippen molar-refractivity contribution in [3.8, 4) is 11.5 Å². The number of hydrogen-bond donors (Lipinski definition) is 1. The number of benzene rings is 1. The van der Waals surface area contributed by atoms with E-state index in [1.807, 2.05) is 0 Å². The predicted octanol–water partition coefficient (Wildman–Crippen LogP) is 3.48. The van der Waals surface area contributed by atoms with Gasteiger partial charge < -0.3 is 14.8 Å². The number of hydrogen-bond acceptors (Lipinski definition) is 3. The van der Waals surface area contributed by atoms with Gasteiger partial charge in [-0.25, -0.2) is 0 Å². The summed E-state index contributed by atoms with van der Waals surface area (Å²) in [5.74, 6) is 2.44. The van der Waals surface area contributed by atoms with Gasteiger partial charge in [-0.3, -0.25) is 0 Å². The van der Waals surface area contributed by atoms with E-state index in [0.29, 0.717) is 0 Å². The van der Waals surface area contributed by atoms with Crippen LogP contribution in [0.5, 0.6) is 11.5 Å². The largest absolute Gasteiger partial charge is 0.493 e. The minimum absolute atomic E-state index is 0.734. The topological polar surface area (TPSA) is 30.5 Å². The second-order valence-corrected chi connectivity index (χ2v) is 5.22. The molecule has 0 atom stereocenters. The van der Waals surface area contributed by atoms with Crippen molar-refractivity contribution in [3.05, 3.63) is 17.7 Å². The summed E-state index contributed by atoms with van der Waals surface area (Å²) in [6, 6.07) is 4.16. The van der Waals surface area contributed by atoms with Crippen LogP contribution in [0.2, 0.25) is 0 Å². The summed E-state index contributed by atoms with van der Waals surface area (Å²) in [5.41, 5.74) is 2.51. The Morgan fingerprint density at radius 3 is 2.83 bits per heavy atom. The molecule has 3 nitrogen and oxygen atoms in total. The third-order valence-electron chi connectivity index (χ3n) is 3.28. The van der Waals surface area contributed by atoms with Gasteiger partial charge in [-0.1, -0.05) is 13.8 Å². The lowest BCUT2D eigenvalue weighted by Crippen LogP contribution is -2.01. The van der Waals surface area contributed by atoms with Gasteiger partial charge in [-0.2, -0.15) is 0 Å². The Kier molecular flexibility index (Phi) is 4.34. The van der Waals surface area contributed by atoms with E-state index in [-0.39, 0.29) is 0 Å². The number of ether oxygens (including phenoxy) is 2. The van der Waals surface area contributed by atoms with E-state index < -0.39 is 0 Å². The van der Waals surface area contributed by atoms with Crippen molar-refractivity contribution in [2.75, 3.05) is 25.6 Å². The second kappa shape index (κ2) is 5.98. The van der Waals surface area contributed by atoms with Crippen LogP contribution >= 0.6 is 0 Å². The van der Waals surface area contributed by atoms with Crippen molar-refractivity contribution in [2.24, 2.45) is 5.92 Å². The van der Waals surface area contributed by atoms with Gasteiger partial charge in [0.1, 0.15) is 0 Å². The molecule has 0 saturated heterocycles. The molecule has 18 heavy (non-hydrogen) atoms. The molecular weight excluding hydrogens is 226 g/mol. The fourth-order valence-electron chi connectivity index (χ4n) is 2.25. The monoisotopic (exact) mass is 249 g/mol. The van der Waals surface area contributed by atoms with Gasteiger partial charge in [0.2, 0.25) is 0 Å². The highest BCUT2D eigenvalue weighted by molar-refractivity contribution is 5.63. The molecule has 100 valence electrons. The smallest absolute Gasteiger partial charge is 0.163 e. The van der Waals surface area contributed by atoms with Crippen LogP contribution in [0.25, 0.3) is 0 Å². The van der Waals surface area contributed by atoms with Crippen molar-refractivity contribution in [3.63, 3.8) is 0 Å². The molecule has 0 aromatic heterocycles. The Morgan fingerprint density at radius 1 is 1.28 bits per heavy atom. The van der Waals surface area contributed by atoms with Crippen molar-refractivity contribution < 1.29 is 9.47 Å². The quantitative estimate of drug-likeness (QED) is 0.783. The molecule has 1 heterocycles. The highest BCUT2D eigenvalue weighted by atomic mass is 16.5. The number of anilines is 1. The zero-order chi connectivity index (χ0) is 13.0. The summed E-state index contributed by atoms with van der Waals surface area (Å²) in [5, 5.41) is 3.36. The second-order valence-electron chi connectivity index (χ2n) is 5.22. The first kappa shape index (κ1) is 13.1. The predicted molar refractivity (Wildman–Crippen MR) is 74.8 cm³/mol. The number of rotatable bonds is 6. The summed E-state index contributed by atoms with van der Waals surface area (Å²) in [6.07, 6.45) is 3.36. The van der Waals surface area contributed by atoms with E-state index >= 15 is 0 Å². The van der Waals surface area contributed by atoms with E-state index in [4.69, 9.17) is 9.47 Å². The summed E-state index contributed by atoms with van der Waals surface area (Å²) in [7, 11) is 1.70. The van der Waals surface area contributed by atoms with E-state index in [0.717, 1.165) is 43.4 Å². The van der Waals surface area contributed by atoms with Crippen LogP contribution in [-0.4, -0.2) is 20.3 Å². The molecule has 0 fully saturated rings. The maximum Gasteiger partial charge on any atom is 0.163 e. The molecule has 0 amide bonds. The fraction of sp³-hybridized carbons (Fsp3) is 0.600. The molecule has 0 saturated carbocycles. The number of fused-ring (bicyclic) bond motifs is 1. The minimum Gasteiger partial charge on any atom is -0.493 e. The molecule has 2 rings (SSSR count). The lowest BCUT2D eigenvalue weighted by Gasteiger charge is -2.13. The van der Waals surface area contributed by atoms with Gasteiger partial charge in [0, 0.05) is 18.3 Å². The molecule has 1 aromatic carbocycles. The molecule has 1 aliphatic heterocycles. The number of nitrogens with one attached hydrogen (secondary N) is 1. The van der Waals surface area contributed by atoms with Crippen molar-refractivity contribution >= 4 is 5.69 Å². The van der Waals surface area contributed by atoms with Crippen LogP contribution in [0.4, 0.5) is 5.69 Å². The Hall–Kier alpha value is -1.38. The molecule has 1 aliphatic rings. The number of methoxy groups -OCH3 is 1. The Balaban J connectivity index is 1.98. The Labute approximate surface area is 109 Å². The van der Waals surface area contributed by atoms with E-state index in [2.05, 4.69) is 31.3 Å². The summed E-state index contributed by atoms with van der Waals surface area (Å²) in [4.78, 5) is 0. The van der Waals surface area contributed by atoms with Gasteiger partial charge in [-0.15, -0.1) is 0 Å². The van der Waals surface area contributed by atoms with Crippen LogP contribution in [0, 0.1) is 5.92 Å². The first-order chi connectivity index (χ1) is 8.70. The zero-order valence-corrected chi connectivity index (χ0v) is 11.6. The maximum atomic E-state index is 5.84. The van der Waals surface area contributed by atoms with E-state index in [9.17, 15) is 0 Å². The average molecular weight is 249 g/mol. The van der Waals surface area contributed by atoms with Gasteiger partial charge in [0.15, 0.2) is 11.5 Å². The highest BCUT2D eigenvalue weighted by Gasteiger charge is 2.15. The third-order valence-corrected chi connectivity index (χ3v) is 3.28. The van der Waals surface area contributed by atoms with Crippen molar-refractivity contribution in [1.29, 1.82) is 0 Å². The molecular formula is C15H23NO2. The molecule has 0 radical (unpaired) electrons. The zero-order valence-electron chi connectivity index (χ0n) is 11.6. The van der Waals surface area contributed by atoms with E-state index in [1.165, 1.54) is 17.7 Å². The van der Waals surface area contributed by atoms with Gasteiger partial charge in [0.25, 0.3) is 0 Å². The first-order valence-electron chi connectivity index (χ1n) is 6.78. The average Bonchev–Trinajstić information content (AvgIpc) is 2.80. The van der Waals surface area contributed by atoms with E-state index in [1.54, 1.807) is 7.11 Å². The van der Waals surface area contributed by atoms with Gasteiger partial charge in [0.05, 0.1) is 13.7 Å². The van der Waals surface area contributed by atoms with Gasteiger partial charge in [-0.05, 0) is 36.8 Å². The van der Waals surface area contributed by atoms with Gasteiger partial charge >= 0.3 is 0 Å². The standard InChI is InChI=1S/C15H23NO2/c1-11(2)5-4-8-18-15-10-13-12(6-7-16-13)9-14(15)17-3/h9-11,16H,4-8H2,1-3H3. The van der Waals surface area contributed by atoms with Crippen molar-refractivity contribution in [2.45, 2.75) is 33.1 Å². The summed E-state index contributed by atoms with van der Waals surface area (Å²) < 4.78 is 11.2. The molecule has 0 spiro atoms. The van der Waals surface area contributed by atoms with Crippen LogP contribution < -0.4 is 14.8 Å². The molecule has 0 aliphatic carbocycles.